The number of anilines is 1. The number of methoxy groups -OCH3 is 1. The molecule has 0 bridgehead atoms. The van der Waals surface area contributed by atoms with Gasteiger partial charge in [-0.05, 0) is 68.3 Å². The molecule has 2 aromatic carbocycles. The van der Waals surface area contributed by atoms with Crippen molar-refractivity contribution in [2.45, 2.75) is 39.7 Å². The molecule has 0 spiro atoms. The van der Waals surface area contributed by atoms with Crippen LogP contribution in [0.3, 0.4) is 0 Å². The van der Waals surface area contributed by atoms with Crippen LogP contribution in [-0.4, -0.2) is 25.7 Å². The molecule has 0 aromatic heterocycles. The van der Waals surface area contributed by atoms with E-state index in [2.05, 4.69) is 12.2 Å². The first kappa shape index (κ1) is 21.4. The first-order valence-electron chi connectivity index (χ1n) is 9.58. The number of hydrogen-bond donors (Lipinski definition) is 1. The average molecular weight is 383 g/mol. The maximum absolute atomic E-state index is 12.2. The molecule has 5 heteroatoms. The highest BCUT2D eigenvalue weighted by Gasteiger charge is 2.07. The third-order valence-electron chi connectivity index (χ3n) is 3.87. The molecule has 0 unspecified atom stereocenters. The Morgan fingerprint density at radius 1 is 1.11 bits per heavy atom. The first-order valence-corrected chi connectivity index (χ1v) is 9.58. The number of rotatable bonds is 10. The summed E-state index contributed by atoms with van der Waals surface area (Å²) in [7, 11) is 1.60. The van der Waals surface area contributed by atoms with Crippen molar-refractivity contribution in [3.8, 4) is 17.2 Å². The monoisotopic (exact) mass is 383 g/mol. The maximum Gasteiger partial charge on any atom is 0.248 e. The van der Waals surface area contributed by atoms with Gasteiger partial charge in [0.15, 0.2) is 11.5 Å². The molecule has 28 heavy (non-hydrogen) atoms. The molecule has 1 amide bonds. The fraction of sp³-hybridized carbons (Fsp3) is 0.348. The van der Waals surface area contributed by atoms with Crippen molar-refractivity contribution in [1.29, 1.82) is 0 Å². The van der Waals surface area contributed by atoms with E-state index in [0.29, 0.717) is 18.1 Å². The fourth-order valence-corrected chi connectivity index (χ4v) is 2.46. The zero-order valence-corrected chi connectivity index (χ0v) is 17.0. The van der Waals surface area contributed by atoms with Crippen LogP contribution in [0.4, 0.5) is 5.69 Å². The number of carbonyl (C=O) groups excluding carboxylic acids is 1. The molecular weight excluding hydrogens is 354 g/mol. The van der Waals surface area contributed by atoms with Crippen molar-refractivity contribution in [1.82, 2.24) is 0 Å². The van der Waals surface area contributed by atoms with Gasteiger partial charge < -0.3 is 19.5 Å². The van der Waals surface area contributed by atoms with Gasteiger partial charge >= 0.3 is 0 Å². The predicted octanol–water partition coefficient (Wildman–Crippen LogP) is 5.31. The standard InChI is InChI=1S/C23H29NO4/c1-5-6-15-27-20-11-9-19(10-12-20)24-23(25)14-8-18-7-13-21(28-17(2)3)22(16-18)26-4/h7-14,16-17H,5-6,15H2,1-4H3,(H,24,25). The highest BCUT2D eigenvalue weighted by Crippen LogP contribution is 2.29. The second kappa shape index (κ2) is 11.0. The molecular formula is C23H29NO4. The van der Waals surface area contributed by atoms with Crippen molar-refractivity contribution in [2.24, 2.45) is 0 Å². The fourth-order valence-electron chi connectivity index (χ4n) is 2.46. The lowest BCUT2D eigenvalue weighted by molar-refractivity contribution is -0.111. The van der Waals surface area contributed by atoms with Crippen LogP contribution in [0.1, 0.15) is 39.2 Å². The molecule has 1 N–H and O–H groups in total. The molecule has 5 nitrogen and oxygen atoms in total. The Labute approximate surface area is 167 Å². The molecule has 0 heterocycles. The van der Waals surface area contributed by atoms with Crippen LogP contribution in [0.5, 0.6) is 17.2 Å². The summed E-state index contributed by atoms with van der Waals surface area (Å²) in [4.78, 5) is 12.2. The van der Waals surface area contributed by atoms with E-state index in [1.54, 1.807) is 13.2 Å². The van der Waals surface area contributed by atoms with Crippen LogP contribution in [0.2, 0.25) is 0 Å². The lowest BCUT2D eigenvalue weighted by Crippen LogP contribution is -2.08. The third kappa shape index (κ3) is 6.99. The Morgan fingerprint density at radius 3 is 2.50 bits per heavy atom. The van der Waals surface area contributed by atoms with Crippen molar-refractivity contribution in [3.63, 3.8) is 0 Å². The number of ether oxygens (including phenoxy) is 3. The van der Waals surface area contributed by atoms with Crippen LogP contribution < -0.4 is 19.5 Å². The van der Waals surface area contributed by atoms with Crippen LogP contribution >= 0.6 is 0 Å². The van der Waals surface area contributed by atoms with Crippen LogP contribution in [0.25, 0.3) is 6.08 Å². The Balaban J connectivity index is 1.94. The van der Waals surface area contributed by atoms with Gasteiger partial charge in [-0.1, -0.05) is 19.4 Å². The van der Waals surface area contributed by atoms with Crippen molar-refractivity contribution < 1.29 is 19.0 Å². The minimum absolute atomic E-state index is 0.0597. The number of carbonyl (C=O) groups is 1. The summed E-state index contributed by atoms with van der Waals surface area (Å²) in [6, 6.07) is 12.9. The van der Waals surface area contributed by atoms with Crippen LogP contribution in [-0.2, 0) is 4.79 Å². The van der Waals surface area contributed by atoms with Gasteiger partial charge in [-0.2, -0.15) is 0 Å². The summed E-state index contributed by atoms with van der Waals surface area (Å²) >= 11 is 0. The zero-order chi connectivity index (χ0) is 20.4. The van der Waals surface area contributed by atoms with E-state index in [1.165, 1.54) is 6.08 Å². The lowest BCUT2D eigenvalue weighted by atomic mass is 10.2. The lowest BCUT2D eigenvalue weighted by Gasteiger charge is -2.13. The van der Waals surface area contributed by atoms with Gasteiger partial charge in [0.25, 0.3) is 0 Å². The molecule has 0 radical (unpaired) electrons. The van der Waals surface area contributed by atoms with Crippen LogP contribution in [0.15, 0.2) is 48.5 Å². The zero-order valence-electron chi connectivity index (χ0n) is 17.0. The molecule has 0 saturated carbocycles. The number of nitrogens with one attached hydrogen (secondary N) is 1. The minimum atomic E-state index is -0.207. The molecule has 0 aliphatic rings. The highest BCUT2D eigenvalue weighted by molar-refractivity contribution is 6.01. The SMILES string of the molecule is CCCCOc1ccc(NC(=O)C=Cc2ccc(OC(C)C)c(OC)c2)cc1. The molecule has 0 atom stereocenters. The Hall–Kier alpha value is -2.95. The first-order chi connectivity index (χ1) is 13.5. The Kier molecular flexibility index (Phi) is 8.40. The van der Waals surface area contributed by atoms with E-state index >= 15 is 0 Å². The largest absolute Gasteiger partial charge is 0.494 e. The van der Waals surface area contributed by atoms with E-state index in [4.69, 9.17) is 14.2 Å². The maximum atomic E-state index is 12.2. The van der Waals surface area contributed by atoms with Crippen LogP contribution in [0, 0.1) is 0 Å². The predicted molar refractivity (Wildman–Crippen MR) is 113 cm³/mol. The smallest absolute Gasteiger partial charge is 0.248 e. The second-order valence-corrected chi connectivity index (χ2v) is 6.63. The summed E-state index contributed by atoms with van der Waals surface area (Å²) in [5.74, 6) is 1.91. The van der Waals surface area contributed by atoms with Crippen molar-refractivity contribution in [3.05, 3.63) is 54.1 Å². The molecule has 0 fully saturated rings. The number of unbranched alkanes of at least 4 members (excludes halogenated alkanes) is 1. The summed E-state index contributed by atoms with van der Waals surface area (Å²) in [6.45, 7) is 6.75. The van der Waals surface area contributed by atoms with E-state index in [0.717, 1.165) is 29.8 Å². The average Bonchev–Trinajstić information content (AvgIpc) is 2.68. The normalized spacial score (nSPS) is 10.9. The van der Waals surface area contributed by atoms with Gasteiger partial charge in [0, 0.05) is 11.8 Å². The Bertz CT molecular complexity index is 782. The number of amides is 1. The van der Waals surface area contributed by atoms with Gasteiger partial charge in [0.2, 0.25) is 5.91 Å². The van der Waals surface area contributed by atoms with Crippen molar-refractivity contribution >= 4 is 17.7 Å². The van der Waals surface area contributed by atoms with Gasteiger partial charge in [-0.25, -0.2) is 0 Å². The minimum Gasteiger partial charge on any atom is -0.494 e. The quantitative estimate of drug-likeness (QED) is 0.446. The molecule has 2 aromatic rings. The topological polar surface area (TPSA) is 56.8 Å². The Morgan fingerprint density at radius 2 is 1.86 bits per heavy atom. The molecule has 0 aliphatic carbocycles. The van der Waals surface area contributed by atoms with Gasteiger partial charge in [0.05, 0.1) is 19.8 Å². The van der Waals surface area contributed by atoms with E-state index in [1.807, 2.05) is 56.3 Å². The van der Waals surface area contributed by atoms with Gasteiger partial charge in [-0.15, -0.1) is 0 Å². The summed E-state index contributed by atoms with van der Waals surface area (Å²) in [6.07, 6.45) is 5.41. The van der Waals surface area contributed by atoms with E-state index < -0.39 is 0 Å². The molecule has 0 aliphatic heterocycles. The number of benzene rings is 2. The van der Waals surface area contributed by atoms with E-state index in [-0.39, 0.29) is 12.0 Å². The van der Waals surface area contributed by atoms with Gasteiger partial charge in [-0.3, -0.25) is 4.79 Å². The second-order valence-electron chi connectivity index (χ2n) is 6.63. The summed E-state index contributed by atoms with van der Waals surface area (Å²) in [5, 5.41) is 2.84. The molecule has 0 saturated heterocycles. The number of hydrogen-bond acceptors (Lipinski definition) is 4. The summed E-state index contributed by atoms with van der Waals surface area (Å²) < 4.78 is 16.7. The molecule has 150 valence electrons. The third-order valence-corrected chi connectivity index (χ3v) is 3.87. The molecule has 2 rings (SSSR count). The summed E-state index contributed by atoms with van der Waals surface area (Å²) in [5.41, 5.74) is 1.57. The van der Waals surface area contributed by atoms with Crippen molar-refractivity contribution in [2.75, 3.05) is 19.0 Å². The van der Waals surface area contributed by atoms with Gasteiger partial charge in [0.1, 0.15) is 5.75 Å². The highest BCUT2D eigenvalue weighted by atomic mass is 16.5. The van der Waals surface area contributed by atoms with E-state index in [9.17, 15) is 4.79 Å².